The SMILES string of the molecule is Cc1cccc(N2C[C@@H](C(=O)OCC(=O)Nc3ccc(F)c(F)c3)CC2=O)c1C. The lowest BCUT2D eigenvalue weighted by atomic mass is 10.1. The normalized spacial score (nSPS) is 16.1. The summed E-state index contributed by atoms with van der Waals surface area (Å²) < 4.78 is 31.1. The molecule has 8 heteroatoms. The van der Waals surface area contributed by atoms with Gasteiger partial charge >= 0.3 is 5.97 Å². The molecule has 1 fully saturated rings. The summed E-state index contributed by atoms with van der Waals surface area (Å²) in [5.74, 6) is -4.36. The minimum atomic E-state index is -1.10. The summed E-state index contributed by atoms with van der Waals surface area (Å²) in [6.45, 7) is 3.43. The fourth-order valence-corrected chi connectivity index (χ4v) is 3.15. The lowest BCUT2D eigenvalue weighted by Gasteiger charge is -2.20. The van der Waals surface area contributed by atoms with Crippen molar-refractivity contribution in [2.45, 2.75) is 20.3 Å². The number of anilines is 2. The Labute approximate surface area is 166 Å². The fraction of sp³-hybridized carbons (Fsp3) is 0.286. The molecule has 2 aromatic rings. The number of nitrogens with zero attached hydrogens (tertiary/aromatic N) is 1. The van der Waals surface area contributed by atoms with Gasteiger partial charge in [0.2, 0.25) is 5.91 Å². The van der Waals surface area contributed by atoms with Gasteiger partial charge in [0, 0.05) is 30.4 Å². The van der Waals surface area contributed by atoms with E-state index in [1.807, 2.05) is 32.0 Å². The second kappa shape index (κ2) is 8.38. The van der Waals surface area contributed by atoms with Gasteiger partial charge in [0.1, 0.15) is 0 Å². The maximum atomic E-state index is 13.2. The van der Waals surface area contributed by atoms with Crippen LogP contribution in [0.4, 0.5) is 20.2 Å². The molecule has 3 rings (SSSR count). The van der Waals surface area contributed by atoms with Crippen molar-refractivity contribution >= 4 is 29.2 Å². The van der Waals surface area contributed by atoms with Gasteiger partial charge in [0.05, 0.1) is 5.92 Å². The van der Waals surface area contributed by atoms with Crippen LogP contribution in [0.5, 0.6) is 0 Å². The molecule has 2 aromatic carbocycles. The first kappa shape index (κ1) is 20.4. The first-order chi connectivity index (χ1) is 13.8. The van der Waals surface area contributed by atoms with Crippen molar-refractivity contribution in [3.63, 3.8) is 0 Å². The van der Waals surface area contributed by atoms with Crippen LogP contribution in [0.1, 0.15) is 17.5 Å². The third-order valence-electron chi connectivity index (χ3n) is 4.87. The molecule has 0 saturated carbocycles. The van der Waals surface area contributed by atoms with Crippen molar-refractivity contribution in [3.05, 3.63) is 59.2 Å². The monoisotopic (exact) mass is 402 g/mol. The number of aryl methyl sites for hydroxylation is 1. The van der Waals surface area contributed by atoms with E-state index in [4.69, 9.17) is 4.74 Å². The molecule has 0 bridgehead atoms. The average molecular weight is 402 g/mol. The number of amides is 2. The minimum absolute atomic E-state index is 0.00297. The van der Waals surface area contributed by atoms with Crippen LogP contribution in [-0.2, 0) is 19.1 Å². The summed E-state index contributed by atoms with van der Waals surface area (Å²) in [6.07, 6.45) is -0.00297. The summed E-state index contributed by atoms with van der Waals surface area (Å²) >= 11 is 0. The molecular weight excluding hydrogens is 382 g/mol. The highest BCUT2D eigenvalue weighted by Gasteiger charge is 2.37. The molecule has 29 heavy (non-hydrogen) atoms. The van der Waals surface area contributed by atoms with Crippen molar-refractivity contribution in [1.82, 2.24) is 0 Å². The maximum Gasteiger partial charge on any atom is 0.311 e. The van der Waals surface area contributed by atoms with Gasteiger partial charge in [-0.05, 0) is 43.2 Å². The number of halogens is 2. The van der Waals surface area contributed by atoms with Gasteiger partial charge in [0.25, 0.3) is 5.91 Å². The molecule has 0 unspecified atom stereocenters. The highest BCUT2D eigenvalue weighted by atomic mass is 19.2. The van der Waals surface area contributed by atoms with E-state index in [-0.39, 0.29) is 24.6 Å². The number of rotatable bonds is 5. The van der Waals surface area contributed by atoms with Crippen molar-refractivity contribution in [1.29, 1.82) is 0 Å². The molecule has 1 heterocycles. The van der Waals surface area contributed by atoms with Gasteiger partial charge < -0.3 is 15.0 Å². The van der Waals surface area contributed by atoms with Gasteiger partial charge in [-0.1, -0.05) is 12.1 Å². The molecule has 1 aliphatic heterocycles. The van der Waals surface area contributed by atoms with Crippen LogP contribution in [0.25, 0.3) is 0 Å². The van der Waals surface area contributed by atoms with Crippen LogP contribution in [0, 0.1) is 31.4 Å². The summed E-state index contributed by atoms with van der Waals surface area (Å²) in [5.41, 5.74) is 2.79. The van der Waals surface area contributed by atoms with Gasteiger partial charge in [-0.25, -0.2) is 8.78 Å². The second-order valence-electron chi connectivity index (χ2n) is 6.91. The van der Waals surface area contributed by atoms with Crippen molar-refractivity contribution in [2.75, 3.05) is 23.4 Å². The molecule has 0 spiro atoms. The Balaban J connectivity index is 1.56. The Bertz CT molecular complexity index is 977. The lowest BCUT2D eigenvalue weighted by Crippen LogP contribution is -2.28. The molecule has 152 valence electrons. The van der Waals surface area contributed by atoms with Gasteiger partial charge in [-0.15, -0.1) is 0 Å². The Hall–Kier alpha value is -3.29. The maximum absolute atomic E-state index is 13.2. The van der Waals surface area contributed by atoms with Crippen LogP contribution >= 0.6 is 0 Å². The number of nitrogens with one attached hydrogen (secondary N) is 1. The largest absolute Gasteiger partial charge is 0.455 e. The molecule has 0 radical (unpaired) electrons. The van der Waals surface area contributed by atoms with Crippen LogP contribution < -0.4 is 10.2 Å². The molecule has 1 saturated heterocycles. The summed E-state index contributed by atoms with van der Waals surface area (Å²) in [7, 11) is 0. The van der Waals surface area contributed by atoms with E-state index in [0.717, 1.165) is 28.9 Å². The summed E-state index contributed by atoms with van der Waals surface area (Å²) in [5, 5.41) is 2.31. The molecule has 2 amide bonds. The van der Waals surface area contributed by atoms with Gasteiger partial charge in [-0.2, -0.15) is 0 Å². The standard InChI is InChI=1S/C21H20F2N2O4/c1-12-4-3-5-18(13(12)2)25-10-14(8-20(25)27)21(28)29-11-19(26)24-15-6-7-16(22)17(23)9-15/h3-7,9,14H,8,10-11H2,1-2H3,(H,24,26)/t14-/m0/s1. The van der Waals surface area contributed by atoms with Crippen molar-refractivity contribution in [3.8, 4) is 0 Å². The number of hydrogen-bond donors (Lipinski definition) is 1. The summed E-state index contributed by atoms with van der Waals surface area (Å²) in [6, 6.07) is 8.50. The first-order valence-electron chi connectivity index (χ1n) is 9.04. The van der Waals surface area contributed by atoms with Crippen LogP contribution in [0.3, 0.4) is 0 Å². The molecule has 1 atom stereocenters. The van der Waals surface area contributed by atoms with E-state index in [0.29, 0.717) is 0 Å². The van der Waals surface area contributed by atoms with Gasteiger partial charge in [0.15, 0.2) is 18.2 Å². The molecule has 0 aliphatic carbocycles. The molecule has 1 aliphatic rings. The third kappa shape index (κ3) is 4.59. The van der Waals surface area contributed by atoms with E-state index < -0.39 is 36.0 Å². The Morgan fingerprint density at radius 3 is 2.66 bits per heavy atom. The zero-order valence-corrected chi connectivity index (χ0v) is 16.0. The summed E-state index contributed by atoms with van der Waals surface area (Å²) in [4.78, 5) is 38.1. The molecule has 6 nitrogen and oxygen atoms in total. The topological polar surface area (TPSA) is 75.7 Å². The number of hydrogen-bond acceptors (Lipinski definition) is 4. The van der Waals surface area contributed by atoms with E-state index in [9.17, 15) is 23.2 Å². The van der Waals surface area contributed by atoms with E-state index in [2.05, 4.69) is 5.32 Å². The highest BCUT2D eigenvalue weighted by molar-refractivity contribution is 6.00. The number of esters is 1. The van der Waals surface area contributed by atoms with Crippen LogP contribution in [0.2, 0.25) is 0 Å². The van der Waals surface area contributed by atoms with Crippen molar-refractivity contribution in [2.24, 2.45) is 5.92 Å². The zero-order chi connectivity index (χ0) is 21.1. The first-order valence-corrected chi connectivity index (χ1v) is 9.04. The second-order valence-corrected chi connectivity index (χ2v) is 6.91. The number of ether oxygens (including phenoxy) is 1. The molecule has 0 aromatic heterocycles. The lowest BCUT2D eigenvalue weighted by molar-refractivity contribution is -0.151. The van der Waals surface area contributed by atoms with E-state index in [1.165, 1.54) is 6.07 Å². The zero-order valence-electron chi connectivity index (χ0n) is 16.0. The van der Waals surface area contributed by atoms with E-state index in [1.54, 1.807) is 4.90 Å². The number of carbonyl (C=O) groups excluding carboxylic acids is 3. The number of benzene rings is 2. The number of carbonyl (C=O) groups is 3. The predicted molar refractivity (Wildman–Crippen MR) is 102 cm³/mol. The highest BCUT2D eigenvalue weighted by Crippen LogP contribution is 2.29. The van der Waals surface area contributed by atoms with Crippen molar-refractivity contribution < 1.29 is 27.9 Å². The fourth-order valence-electron chi connectivity index (χ4n) is 3.15. The van der Waals surface area contributed by atoms with Crippen LogP contribution in [-0.4, -0.2) is 30.9 Å². The van der Waals surface area contributed by atoms with Crippen LogP contribution in [0.15, 0.2) is 36.4 Å². The van der Waals surface area contributed by atoms with Gasteiger partial charge in [-0.3, -0.25) is 14.4 Å². The predicted octanol–water partition coefficient (Wildman–Crippen LogP) is 3.12. The van der Waals surface area contributed by atoms with E-state index >= 15 is 0 Å². The Morgan fingerprint density at radius 2 is 1.93 bits per heavy atom. The Morgan fingerprint density at radius 1 is 1.17 bits per heavy atom. The molecular formula is C21H20F2N2O4. The quantitative estimate of drug-likeness (QED) is 0.780. The third-order valence-corrected chi connectivity index (χ3v) is 4.87. The minimum Gasteiger partial charge on any atom is -0.455 e. The smallest absolute Gasteiger partial charge is 0.311 e. The molecule has 1 N–H and O–H groups in total. The Kier molecular flexibility index (Phi) is 5.91. The average Bonchev–Trinajstić information content (AvgIpc) is 3.06.